The second kappa shape index (κ2) is 6.94. The minimum atomic E-state index is -3.72. The van der Waals surface area contributed by atoms with Crippen LogP contribution in [-0.4, -0.2) is 19.3 Å². The predicted molar refractivity (Wildman–Crippen MR) is 110 cm³/mol. The monoisotopic (exact) mass is 403 g/mol. The Labute approximate surface area is 162 Å². The lowest BCUT2D eigenvalue weighted by molar-refractivity contribution is -0.114. The summed E-state index contributed by atoms with van der Waals surface area (Å²) in [6, 6.07) is 7.05. The summed E-state index contributed by atoms with van der Waals surface area (Å²) in [4.78, 5) is 15.9. The molecule has 8 heteroatoms. The zero-order chi connectivity index (χ0) is 19.9. The number of nitrogens with zero attached hydrogens (tertiary/aromatic N) is 1. The third kappa shape index (κ3) is 3.96. The average Bonchev–Trinajstić information content (AvgIpc) is 2.92. The number of anilines is 2. The van der Waals surface area contributed by atoms with Gasteiger partial charge in [0.25, 0.3) is 10.0 Å². The molecule has 142 valence electrons. The van der Waals surface area contributed by atoms with Gasteiger partial charge in [0, 0.05) is 6.92 Å². The number of carbonyl (C=O) groups excluding carboxylic acids is 1. The molecule has 0 radical (unpaired) electrons. The number of amides is 1. The molecule has 0 bridgehead atoms. The summed E-state index contributed by atoms with van der Waals surface area (Å²) in [6.07, 6.45) is 0. The van der Waals surface area contributed by atoms with Gasteiger partial charge in [0.15, 0.2) is 5.13 Å². The molecule has 0 saturated carbocycles. The van der Waals surface area contributed by atoms with Crippen molar-refractivity contribution in [1.82, 2.24) is 4.98 Å². The van der Waals surface area contributed by atoms with Gasteiger partial charge in [0.2, 0.25) is 5.91 Å². The van der Waals surface area contributed by atoms with E-state index in [4.69, 9.17) is 0 Å². The van der Waals surface area contributed by atoms with Gasteiger partial charge < -0.3 is 5.32 Å². The van der Waals surface area contributed by atoms with Gasteiger partial charge in [-0.05, 0) is 68.1 Å². The van der Waals surface area contributed by atoms with E-state index in [-0.39, 0.29) is 10.8 Å². The molecule has 2 aromatic carbocycles. The van der Waals surface area contributed by atoms with E-state index >= 15 is 0 Å². The predicted octanol–water partition coefficient (Wildman–Crippen LogP) is 4.29. The second-order valence-corrected chi connectivity index (χ2v) is 9.33. The van der Waals surface area contributed by atoms with Crippen molar-refractivity contribution in [1.29, 1.82) is 0 Å². The molecule has 0 unspecified atom stereocenters. The van der Waals surface area contributed by atoms with Gasteiger partial charge >= 0.3 is 0 Å². The summed E-state index contributed by atoms with van der Waals surface area (Å²) in [6.45, 7) is 8.92. The number of aromatic nitrogens is 1. The van der Waals surface area contributed by atoms with Crippen LogP contribution in [0.5, 0.6) is 0 Å². The molecule has 0 saturated heterocycles. The number of hydrogen-bond acceptors (Lipinski definition) is 5. The zero-order valence-electron chi connectivity index (χ0n) is 15.8. The second-order valence-electron chi connectivity index (χ2n) is 6.65. The molecule has 0 fully saturated rings. The third-order valence-electron chi connectivity index (χ3n) is 4.30. The first-order valence-corrected chi connectivity index (χ1v) is 10.7. The lowest BCUT2D eigenvalue weighted by atomic mass is 10.1. The van der Waals surface area contributed by atoms with Gasteiger partial charge in [0.1, 0.15) is 0 Å². The molecule has 0 aliphatic carbocycles. The summed E-state index contributed by atoms with van der Waals surface area (Å²) in [5.41, 5.74) is 4.72. The maximum Gasteiger partial charge on any atom is 0.262 e. The van der Waals surface area contributed by atoms with E-state index in [2.05, 4.69) is 15.0 Å². The molecule has 0 spiro atoms. The van der Waals surface area contributed by atoms with Crippen LogP contribution in [0.2, 0.25) is 0 Å². The molecular formula is C19H21N3O3S2. The molecule has 3 rings (SSSR count). The number of thiazole rings is 1. The number of sulfonamides is 1. The number of fused-ring (bicyclic) bond motifs is 1. The van der Waals surface area contributed by atoms with Gasteiger partial charge in [-0.3, -0.25) is 9.52 Å². The van der Waals surface area contributed by atoms with E-state index in [0.717, 1.165) is 26.9 Å². The fourth-order valence-electron chi connectivity index (χ4n) is 2.89. The molecule has 0 aliphatic heterocycles. The smallest absolute Gasteiger partial charge is 0.262 e. The summed E-state index contributed by atoms with van der Waals surface area (Å²) in [7, 11) is -3.72. The van der Waals surface area contributed by atoms with Crippen molar-refractivity contribution in [3.63, 3.8) is 0 Å². The van der Waals surface area contributed by atoms with Gasteiger partial charge in [0.05, 0.1) is 20.8 Å². The zero-order valence-corrected chi connectivity index (χ0v) is 17.4. The molecular weight excluding hydrogens is 382 g/mol. The summed E-state index contributed by atoms with van der Waals surface area (Å²) < 4.78 is 29.3. The molecule has 2 N–H and O–H groups in total. The molecule has 1 heterocycles. The molecule has 27 heavy (non-hydrogen) atoms. The Bertz CT molecular complexity index is 1160. The van der Waals surface area contributed by atoms with Gasteiger partial charge in [-0.1, -0.05) is 17.4 Å². The van der Waals surface area contributed by atoms with Gasteiger partial charge in [-0.15, -0.1) is 0 Å². The summed E-state index contributed by atoms with van der Waals surface area (Å²) >= 11 is 1.31. The van der Waals surface area contributed by atoms with E-state index in [0.29, 0.717) is 16.4 Å². The number of aryl methyl sites for hydroxylation is 4. The third-order valence-corrected chi connectivity index (χ3v) is 6.74. The Morgan fingerprint density at radius 1 is 0.963 bits per heavy atom. The Morgan fingerprint density at radius 2 is 1.63 bits per heavy atom. The first-order valence-electron chi connectivity index (χ1n) is 8.36. The average molecular weight is 404 g/mol. The van der Waals surface area contributed by atoms with Crippen molar-refractivity contribution >= 4 is 48.3 Å². The number of carbonyl (C=O) groups is 1. The SMILES string of the molecule is CC(=O)Nc1nc2c(C)cc(NS(=O)(=O)c3cc(C)c(C)cc3C)cc2s1. The fraction of sp³-hybridized carbons (Fsp3) is 0.263. The van der Waals surface area contributed by atoms with Crippen LogP contribution >= 0.6 is 11.3 Å². The van der Waals surface area contributed by atoms with E-state index in [9.17, 15) is 13.2 Å². The quantitative estimate of drug-likeness (QED) is 0.680. The maximum absolute atomic E-state index is 12.9. The van der Waals surface area contributed by atoms with Crippen LogP contribution in [0, 0.1) is 27.7 Å². The Morgan fingerprint density at radius 3 is 2.30 bits per heavy atom. The highest BCUT2D eigenvalue weighted by molar-refractivity contribution is 7.92. The van der Waals surface area contributed by atoms with Crippen LogP contribution in [0.3, 0.4) is 0 Å². The van der Waals surface area contributed by atoms with E-state index in [1.807, 2.05) is 26.8 Å². The van der Waals surface area contributed by atoms with Crippen LogP contribution in [0.4, 0.5) is 10.8 Å². The van der Waals surface area contributed by atoms with Crippen LogP contribution in [0.15, 0.2) is 29.2 Å². The van der Waals surface area contributed by atoms with Crippen molar-refractivity contribution in [2.45, 2.75) is 39.5 Å². The Hall–Kier alpha value is -2.45. The van der Waals surface area contributed by atoms with Crippen molar-refractivity contribution in [3.05, 3.63) is 46.5 Å². The summed E-state index contributed by atoms with van der Waals surface area (Å²) in [5.74, 6) is -0.196. The van der Waals surface area contributed by atoms with Crippen molar-refractivity contribution in [2.75, 3.05) is 10.0 Å². The van der Waals surface area contributed by atoms with Gasteiger partial charge in [-0.25, -0.2) is 13.4 Å². The Kier molecular flexibility index (Phi) is 4.96. The molecule has 1 amide bonds. The minimum Gasteiger partial charge on any atom is -0.302 e. The minimum absolute atomic E-state index is 0.196. The molecule has 0 aliphatic rings. The van der Waals surface area contributed by atoms with Crippen molar-refractivity contribution in [3.8, 4) is 0 Å². The molecule has 3 aromatic rings. The van der Waals surface area contributed by atoms with E-state index in [1.54, 1.807) is 25.1 Å². The topological polar surface area (TPSA) is 88.2 Å². The number of benzene rings is 2. The lowest BCUT2D eigenvalue weighted by Gasteiger charge is -2.13. The first kappa shape index (κ1) is 19.3. The normalized spacial score (nSPS) is 11.6. The highest BCUT2D eigenvalue weighted by atomic mass is 32.2. The Balaban J connectivity index is 2.00. The van der Waals surface area contributed by atoms with Crippen LogP contribution < -0.4 is 10.0 Å². The largest absolute Gasteiger partial charge is 0.302 e. The molecule has 1 aromatic heterocycles. The summed E-state index contributed by atoms with van der Waals surface area (Å²) in [5, 5.41) is 3.16. The van der Waals surface area contributed by atoms with Gasteiger partial charge in [-0.2, -0.15) is 0 Å². The number of nitrogens with one attached hydrogen (secondary N) is 2. The van der Waals surface area contributed by atoms with Crippen molar-refractivity contribution < 1.29 is 13.2 Å². The van der Waals surface area contributed by atoms with Crippen molar-refractivity contribution in [2.24, 2.45) is 0 Å². The van der Waals surface area contributed by atoms with Crippen LogP contribution in [0.1, 0.15) is 29.2 Å². The first-order chi connectivity index (χ1) is 12.6. The highest BCUT2D eigenvalue weighted by Crippen LogP contribution is 2.32. The van der Waals surface area contributed by atoms with E-state index in [1.165, 1.54) is 18.3 Å². The lowest BCUT2D eigenvalue weighted by Crippen LogP contribution is -2.15. The van der Waals surface area contributed by atoms with Crippen LogP contribution in [-0.2, 0) is 14.8 Å². The maximum atomic E-state index is 12.9. The highest BCUT2D eigenvalue weighted by Gasteiger charge is 2.19. The molecule has 6 nitrogen and oxygen atoms in total. The number of hydrogen-bond donors (Lipinski definition) is 2. The van der Waals surface area contributed by atoms with Crippen LogP contribution in [0.25, 0.3) is 10.2 Å². The standard InChI is InChI=1S/C19H21N3O3S2/c1-10-6-12(3)17(8-11(10)2)27(24,25)22-15-7-13(4)18-16(9-15)26-19(21-18)20-14(5)23/h6-9,22H,1-5H3,(H,20,21,23). The van der Waals surface area contributed by atoms with E-state index < -0.39 is 10.0 Å². The number of rotatable bonds is 4. The fourth-order valence-corrected chi connectivity index (χ4v) is 5.28. The molecule has 0 atom stereocenters.